The molecule has 0 saturated carbocycles. The van der Waals surface area contributed by atoms with Crippen LogP contribution in [-0.4, -0.2) is 8.42 Å². The fourth-order valence-corrected chi connectivity index (χ4v) is 3.12. The van der Waals surface area contributed by atoms with Gasteiger partial charge in [0.15, 0.2) is 0 Å². The van der Waals surface area contributed by atoms with Crippen molar-refractivity contribution in [3.8, 4) is 11.5 Å². The van der Waals surface area contributed by atoms with Crippen molar-refractivity contribution in [3.63, 3.8) is 0 Å². The van der Waals surface area contributed by atoms with Gasteiger partial charge in [-0.1, -0.05) is 17.7 Å². The molecule has 0 saturated heterocycles. The Morgan fingerprint density at radius 1 is 1.05 bits per heavy atom. The van der Waals surface area contributed by atoms with Gasteiger partial charge >= 0.3 is 0 Å². The molecule has 0 aliphatic heterocycles. The number of benzene rings is 2. The van der Waals surface area contributed by atoms with Gasteiger partial charge in [0, 0.05) is 10.7 Å². The second kappa shape index (κ2) is 5.64. The van der Waals surface area contributed by atoms with E-state index in [1.807, 2.05) is 19.1 Å². The summed E-state index contributed by atoms with van der Waals surface area (Å²) in [5.74, 6) is 1.02. The van der Waals surface area contributed by atoms with Crippen LogP contribution in [0.15, 0.2) is 41.3 Å². The Bertz CT molecular complexity index is 755. The van der Waals surface area contributed by atoms with E-state index in [1.165, 1.54) is 6.07 Å². The van der Waals surface area contributed by atoms with Crippen LogP contribution in [0.5, 0.6) is 11.5 Å². The van der Waals surface area contributed by atoms with Crippen LogP contribution >= 0.6 is 22.3 Å². The maximum absolute atomic E-state index is 11.3. The summed E-state index contributed by atoms with van der Waals surface area (Å²) in [5, 5.41) is 0.488. The lowest BCUT2D eigenvalue weighted by atomic mass is 10.2. The first-order chi connectivity index (χ1) is 9.27. The maximum atomic E-state index is 11.3. The van der Waals surface area contributed by atoms with Crippen LogP contribution in [0.1, 0.15) is 11.1 Å². The molecular formula is C14H12Cl2O3S. The smallest absolute Gasteiger partial charge is 0.261 e. The summed E-state index contributed by atoms with van der Waals surface area (Å²) in [5.41, 5.74) is 1.53. The van der Waals surface area contributed by atoms with Gasteiger partial charge < -0.3 is 4.74 Å². The minimum absolute atomic E-state index is 0.0712. The molecule has 2 aromatic rings. The van der Waals surface area contributed by atoms with E-state index < -0.39 is 9.05 Å². The van der Waals surface area contributed by atoms with Crippen LogP contribution < -0.4 is 4.74 Å². The highest BCUT2D eigenvalue weighted by molar-refractivity contribution is 8.13. The van der Waals surface area contributed by atoms with E-state index in [9.17, 15) is 8.42 Å². The Morgan fingerprint density at radius 3 is 2.35 bits per heavy atom. The van der Waals surface area contributed by atoms with Gasteiger partial charge in [0.05, 0.1) is 9.92 Å². The summed E-state index contributed by atoms with van der Waals surface area (Å²) in [6.07, 6.45) is 0. The lowest BCUT2D eigenvalue weighted by Gasteiger charge is -2.10. The predicted molar refractivity (Wildman–Crippen MR) is 80.5 cm³/mol. The monoisotopic (exact) mass is 330 g/mol. The standard InChI is InChI=1S/C14H12Cl2O3S/c1-9-3-5-12(15)13(7-9)19-11-4-6-14(10(2)8-11)20(16,17)18/h3-8H,1-2H3. The molecule has 0 aliphatic rings. The Balaban J connectivity index is 2.36. The van der Waals surface area contributed by atoms with E-state index in [0.717, 1.165) is 5.56 Å². The molecule has 0 amide bonds. The van der Waals surface area contributed by atoms with Gasteiger partial charge in [-0.15, -0.1) is 0 Å². The zero-order valence-electron chi connectivity index (χ0n) is 10.9. The molecule has 3 nitrogen and oxygen atoms in total. The first-order valence-electron chi connectivity index (χ1n) is 5.77. The minimum atomic E-state index is -3.75. The molecule has 2 rings (SSSR count). The lowest BCUT2D eigenvalue weighted by Crippen LogP contribution is -1.95. The predicted octanol–water partition coefficient (Wildman–Crippen LogP) is 4.68. The lowest BCUT2D eigenvalue weighted by molar-refractivity contribution is 0.481. The average molecular weight is 331 g/mol. The van der Waals surface area contributed by atoms with Crippen LogP contribution in [0.4, 0.5) is 0 Å². The number of hydrogen-bond acceptors (Lipinski definition) is 3. The molecule has 0 spiro atoms. The Labute approximate surface area is 127 Å². The van der Waals surface area contributed by atoms with E-state index in [0.29, 0.717) is 22.1 Å². The van der Waals surface area contributed by atoms with Crippen LogP contribution in [-0.2, 0) is 9.05 Å². The molecule has 0 fully saturated rings. The highest BCUT2D eigenvalue weighted by Gasteiger charge is 2.14. The molecule has 2 aromatic carbocycles. The third kappa shape index (κ3) is 3.45. The van der Waals surface area contributed by atoms with Crippen molar-refractivity contribution in [2.75, 3.05) is 0 Å². The number of rotatable bonds is 3. The maximum Gasteiger partial charge on any atom is 0.261 e. The molecule has 0 unspecified atom stereocenters. The SMILES string of the molecule is Cc1ccc(Cl)c(Oc2ccc(S(=O)(=O)Cl)c(C)c2)c1. The topological polar surface area (TPSA) is 43.4 Å². The van der Waals surface area contributed by atoms with Crippen molar-refractivity contribution in [2.24, 2.45) is 0 Å². The molecular weight excluding hydrogens is 319 g/mol. The fraction of sp³-hybridized carbons (Fsp3) is 0.143. The molecule has 0 heterocycles. The van der Waals surface area contributed by atoms with Crippen molar-refractivity contribution in [3.05, 3.63) is 52.5 Å². The molecule has 6 heteroatoms. The summed E-state index contributed by atoms with van der Waals surface area (Å²) in [6.45, 7) is 3.58. The Kier molecular flexibility index (Phi) is 4.28. The van der Waals surface area contributed by atoms with Crippen LogP contribution in [0.25, 0.3) is 0 Å². The van der Waals surface area contributed by atoms with E-state index >= 15 is 0 Å². The molecule has 0 radical (unpaired) electrons. The second-order valence-electron chi connectivity index (χ2n) is 4.40. The third-order valence-corrected chi connectivity index (χ3v) is 4.52. The van der Waals surface area contributed by atoms with E-state index in [1.54, 1.807) is 25.1 Å². The summed E-state index contributed by atoms with van der Waals surface area (Å²) in [7, 11) is 1.59. The van der Waals surface area contributed by atoms with Crippen molar-refractivity contribution < 1.29 is 13.2 Å². The van der Waals surface area contributed by atoms with Crippen LogP contribution in [0, 0.1) is 13.8 Å². The molecule has 0 N–H and O–H groups in total. The van der Waals surface area contributed by atoms with E-state index in [2.05, 4.69) is 0 Å². The van der Waals surface area contributed by atoms with Gasteiger partial charge in [0.2, 0.25) is 0 Å². The minimum Gasteiger partial charge on any atom is -0.456 e. The summed E-state index contributed by atoms with van der Waals surface area (Å²) in [6, 6.07) is 10.00. The largest absolute Gasteiger partial charge is 0.456 e. The molecule has 0 aromatic heterocycles. The summed E-state index contributed by atoms with van der Waals surface area (Å²) < 4.78 is 28.3. The number of hydrogen-bond donors (Lipinski definition) is 0. The molecule has 20 heavy (non-hydrogen) atoms. The number of halogens is 2. The molecule has 106 valence electrons. The van der Waals surface area contributed by atoms with E-state index in [4.69, 9.17) is 27.0 Å². The third-order valence-electron chi connectivity index (χ3n) is 2.72. The first kappa shape index (κ1) is 15.2. The second-order valence-corrected chi connectivity index (χ2v) is 7.34. The molecule has 0 aliphatic carbocycles. The summed E-state index contributed by atoms with van der Waals surface area (Å²) in [4.78, 5) is 0.0712. The van der Waals surface area contributed by atoms with E-state index in [-0.39, 0.29) is 4.90 Å². The zero-order chi connectivity index (χ0) is 14.9. The normalized spacial score (nSPS) is 11.4. The fourth-order valence-electron chi connectivity index (χ4n) is 1.77. The van der Waals surface area contributed by atoms with Crippen molar-refractivity contribution in [2.45, 2.75) is 18.7 Å². The van der Waals surface area contributed by atoms with Crippen LogP contribution in [0.3, 0.4) is 0 Å². The van der Waals surface area contributed by atoms with Gasteiger partial charge in [-0.25, -0.2) is 8.42 Å². The first-order valence-corrected chi connectivity index (χ1v) is 8.45. The quantitative estimate of drug-likeness (QED) is 0.767. The Morgan fingerprint density at radius 2 is 1.75 bits per heavy atom. The zero-order valence-corrected chi connectivity index (χ0v) is 13.2. The van der Waals surface area contributed by atoms with Crippen molar-refractivity contribution in [1.29, 1.82) is 0 Å². The van der Waals surface area contributed by atoms with Crippen molar-refractivity contribution in [1.82, 2.24) is 0 Å². The van der Waals surface area contributed by atoms with Gasteiger partial charge in [-0.2, -0.15) is 0 Å². The summed E-state index contributed by atoms with van der Waals surface area (Å²) >= 11 is 6.05. The Hall–Kier alpha value is -1.23. The van der Waals surface area contributed by atoms with Gasteiger partial charge in [0.25, 0.3) is 9.05 Å². The van der Waals surface area contributed by atoms with Crippen LogP contribution in [0.2, 0.25) is 5.02 Å². The van der Waals surface area contributed by atoms with Gasteiger partial charge in [-0.3, -0.25) is 0 Å². The van der Waals surface area contributed by atoms with Gasteiger partial charge in [-0.05, 0) is 55.3 Å². The van der Waals surface area contributed by atoms with Gasteiger partial charge in [0.1, 0.15) is 11.5 Å². The molecule has 0 bridgehead atoms. The number of ether oxygens (including phenoxy) is 1. The molecule has 0 atom stereocenters. The average Bonchev–Trinajstić information content (AvgIpc) is 2.32. The highest BCUT2D eigenvalue weighted by Crippen LogP contribution is 2.32. The number of aryl methyl sites for hydroxylation is 2. The van der Waals surface area contributed by atoms with Crippen molar-refractivity contribution >= 4 is 31.3 Å². The highest BCUT2D eigenvalue weighted by atomic mass is 35.7.